The van der Waals surface area contributed by atoms with Crippen LogP contribution in [-0.2, 0) is 4.79 Å². The van der Waals surface area contributed by atoms with Crippen LogP contribution in [0.5, 0.6) is 0 Å². The fourth-order valence-electron chi connectivity index (χ4n) is 2.40. The molecule has 0 aromatic heterocycles. The SMILES string of the molecule is CNc1ccccc1/C(CCC(=O)O)=C1/C=CC=CC1. The lowest BCUT2D eigenvalue weighted by molar-refractivity contribution is -0.136. The monoisotopic (exact) mass is 269 g/mol. The van der Waals surface area contributed by atoms with E-state index in [2.05, 4.69) is 17.5 Å². The number of hydrogen-bond acceptors (Lipinski definition) is 2. The van der Waals surface area contributed by atoms with E-state index in [1.807, 2.05) is 43.5 Å². The van der Waals surface area contributed by atoms with Gasteiger partial charge in [0.05, 0.1) is 0 Å². The first-order valence-electron chi connectivity index (χ1n) is 6.76. The van der Waals surface area contributed by atoms with E-state index in [0.29, 0.717) is 6.42 Å². The fraction of sp³-hybridized carbons (Fsp3) is 0.235. The molecule has 0 amide bonds. The molecule has 0 aliphatic heterocycles. The van der Waals surface area contributed by atoms with E-state index in [4.69, 9.17) is 5.11 Å². The molecule has 1 aromatic rings. The maximum atomic E-state index is 10.9. The van der Waals surface area contributed by atoms with Crippen LogP contribution < -0.4 is 5.32 Å². The maximum absolute atomic E-state index is 10.9. The third kappa shape index (κ3) is 3.38. The number of carboxylic acid groups (broad SMARTS) is 1. The summed E-state index contributed by atoms with van der Waals surface area (Å²) in [5.74, 6) is -0.764. The van der Waals surface area contributed by atoms with Gasteiger partial charge in [0.1, 0.15) is 0 Å². The molecule has 0 spiro atoms. The van der Waals surface area contributed by atoms with Crippen LogP contribution in [0.15, 0.2) is 54.1 Å². The Kier molecular flexibility index (Phi) is 4.77. The van der Waals surface area contributed by atoms with E-state index >= 15 is 0 Å². The smallest absolute Gasteiger partial charge is 0.303 e. The van der Waals surface area contributed by atoms with Crippen molar-refractivity contribution in [1.82, 2.24) is 0 Å². The van der Waals surface area contributed by atoms with Crippen molar-refractivity contribution >= 4 is 17.2 Å². The Labute approximate surface area is 119 Å². The number of carboxylic acids is 1. The Balaban J connectivity index is 2.43. The number of nitrogens with one attached hydrogen (secondary N) is 1. The van der Waals surface area contributed by atoms with Crippen LogP contribution in [0.3, 0.4) is 0 Å². The second kappa shape index (κ2) is 6.75. The van der Waals surface area contributed by atoms with E-state index in [9.17, 15) is 4.79 Å². The number of anilines is 1. The molecule has 0 fully saturated rings. The van der Waals surface area contributed by atoms with Crippen LogP contribution in [0, 0.1) is 0 Å². The summed E-state index contributed by atoms with van der Waals surface area (Å²) >= 11 is 0. The molecule has 0 heterocycles. The molecular formula is C17H19NO2. The largest absolute Gasteiger partial charge is 0.481 e. The third-order valence-corrected chi connectivity index (χ3v) is 3.38. The van der Waals surface area contributed by atoms with Crippen molar-refractivity contribution < 1.29 is 9.90 Å². The third-order valence-electron chi connectivity index (χ3n) is 3.38. The Morgan fingerprint density at radius 1 is 1.25 bits per heavy atom. The van der Waals surface area contributed by atoms with Gasteiger partial charge in [-0.2, -0.15) is 0 Å². The zero-order valence-corrected chi connectivity index (χ0v) is 11.6. The second-order valence-electron chi connectivity index (χ2n) is 4.68. The molecule has 0 unspecified atom stereocenters. The van der Waals surface area contributed by atoms with E-state index < -0.39 is 5.97 Å². The number of para-hydroxylation sites is 1. The van der Waals surface area contributed by atoms with Crippen molar-refractivity contribution in [2.45, 2.75) is 19.3 Å². The van der Waals surface area contributed by atoms with Gasteiger partial charge in [0.25, 0.3) is 0 Å². The van der Waals surface area contributed by atoms with Crippen molar-refractivity contribution in [3.05, 3.63) is 59.7 Å². The number of aliphatic carboxylic acids is 1. The summed E-state index contributed by atoms with van der Waals surface area (Å²) < 4.78 is 0. The summed E-state index contributed by atoms with van der Waals surface area (Å²) in [6.45, 7) is 0. The van der Waals surface area contributed by atoms with E-state index in [0.717, 1.165) is 23.2 Å². The molecule has 104 valence electrons. The Bertz CT molecular complexity index is 582. The Morgan fingerprint density at radius 2 is 2.05 bits per heavy atom. The first-order valence-corrected chi connectivity index (χ1v) is 6.76. The zero-order chi connectivity index (χ0) is 14.4. The lowest BCUT2D eigenvalue weighted by Gasteiger charge is -2.16. The highest BCUT2D eigenvalue weighted by atomic mass is 16.4. The average Bonchev–Trinajstić information content (AvgIpc) is 2.49. The predicted octanol–water partition coefficient (Wildman–Crippen LogP) is 3.86. The van der Waals surface area contributed by atoms with Gasteiger partial charge in [-0.3, -0.25) is 4.79 Å². The minimum atomic E-state index is -0.764. The van der Waals surface area contributed by atoms with Crippen LogP contribution in [0.1, 0.15) is 24.8 Å². The predicted molar refractivity (Wildman–Crippen MR) is 82.7 cm³/mol. The molecule has 0 saturated heterocycles. The molecule has 0 bridgehead atoms. The topological polar surface area (TPSA) is 49.3 Å². The first kappa shape index (κ1) is 14.1. The lowest BCUT2D eigenvalue weighted by Crippen LogP contribution is -2.01. The zero-order valence-electron chi connectivity index (χ0n) is 11.6. The van der Waals surface area contributed by atoms with Crippen LogP contribution in [0.2, 0.25) is 0 Å². The summed E-state index contributed by atoms with van der Waals surface area (Å²) in [6, 6.07) is 8.02. The van der Waals surface area contributed by atoms with Crippen molar-refractivity contribution in [1.29, 1.82) is 0 Å². The van der Waals surface area contributed by atoms with E-state index in [1.165, 1.54) is 5.57 Å². The molecule has 0 saturated carbocycles. The molecule has 0 atom stereocenters. The normalized spacial score (nSPS) is 16.1. The van der Waals surface area contributed by atoms with Gasteiger partial charge >= 0.3 is 5.97 Å². The van der Waals surface area contributed by atoms with Gasteiger partial charge in [0.2, 0.25) is 0 Å². The number of hydrogen-bond donors (Lipinski definition) is 2. The van der Waals surface area contributed by atoms with Crippen LogP contribution in [0.4, 0.5) is 5.69 Å². The van der Waals surface area contributed by atoms with Gasteiger partial charge < -0.3 is 10.4 Å². The van der Waals surface area contributed by atoms with Gasteiger partial charge in [-0.05, 0) is 30.1 Å². The standard InChI is InChI=1S/C17H19NO2/c1-18-16-10-6-5-9-15(16)14(11-12-17(19)20)13-7-3-2-4-8-13/h2-7,9-10,18H,8,11-12H2,1H3,(H,19,20)/b14-13-. The Morgan fingerprint density at radius 3 is 2.70 bits per heavy atom. The van der Waals surface area contributed by atoms with Crippen molar-refractivity contribution in [2.24, 2.45) is 0 Å². The van der Waals surface area contributed by atoms with E-state index in [-0.39, 0.29) is 6.42 Å². The maximum Gasteiger partial charge on any atom is 0.303 e. The summed E-state index contributed by atoms with van der Waals surface area (Å²) in [4.78, 5) is 10.9. The quantitative estimate of drug-likeness (QED) is 0.853. The van der Waals surface area contributed by atoms with Gasteiger partial charge in [-0.25, -0.2) is 0 Å². The van der Waals surface area contributed by atoms with Gasteiger partial charge in [-0.1, -0.05) is 42.5 Å². The highest BCUT2D eigenvalue weighted by Crippen LogP contribution is 2.32. The molecule has 3 heteroatoms. The van der Waals surface area contributed by atoms with Crippen molar-refractivity contribution in [3.63, 3.8) is 0 Å². The van der Waals surface area contributed by atoms with Gasteiger partial charge in [0.15, 0.2) is 0 Å². The molecule has 20 heavy (non-hydrogen) atoms. The lowest BCUT2D eigenvalue weighted by atomic mass is 9.91. The molecule has 3 nitrogen and oxygen atoms in total. The summed E-state index contributed by atoms with van der Waals surface area (Å²) in [7, 11) is 1.88. The van der Waals surface area contributed by atoms with Crippen molar-refractivity contribution in [3.8, 4) is 0 Å². The summed E-state index contributed by atoms with van der Waals surface area (Å²) in [6.07, 6.45) is 9.73. The molecule has 1 aromatic carbocycles. The van der Waals surface area contributed by atoms with Crippen LogP contribution >= 0.6 is 0 Å². The molecular weight excluding hydrogens is 250 g/mol. The number of carbonyl (C=O) groups is 1. The van der Waals surface area contributed by atoms with E-state index in [1.54, 1.807) is 0 Å². The molecule has 0 radical (unpaired) electrons. The number of benzene rings is 1. The number of allylic oxidation sites excluding steroid dienone is 6. The molecule has 1 aliphatic carbocycles. The van der Waals surface area contributed by atoms with Gasteiger partial charge in [-0.15, -0.1) is 0 Å². The van der Waals surface area contributed by atoms with Crippen molar-refractivity contribution in [2.75, 3.05) is 12.4 Å². The summed E-state index contributed by atoms with van der Waals surface area (Å²) in [5.41, 5.74) is 4.42. The summed E-state index contributed by atoms with van der Waals surface area (Å²) in [5, 5.41) is 12.1. The first-order chi connectivity index (χ1) is 9.72. The molecule has 2 N–H and O–H groups in total. The minimum Gasteiger partial charge on any atom is -0.481 e. The second-order valence-corrected chi connectivity index (χ2v) is 4.68. The van der Waals surface area contributed by atoms with Gasteiger partial charge in [0, 0.05) is 24.7 Å². The van der Waals surface area contributed by atoms with Crippen LogP contribution in [-0.4, -0.2) is 18.1 Å². The molecule has 2 rings (SSSR count). The number of rotatable bonds is 5. The average molecular weight is 269 g/mol. The highest BCUT2D eigenvalue weighted by Gasteiger charge is 2.13. The molecule has 1 aliphatic rings. The Hall–Kier alpha value is -2.29. The fourth-order valence-corrected chi connectivity index (χ4v) is 2.40. The highest BCUT2D eigenvalue weighted by molar-refractivity contribution is 5.82. The minimum absolute atomic E-state index is 0.147. The van der Waals surface area contributed by atoms with Crippen LogP contribution in [0.25, 0.3) is 5.57 Å².